The van der Waals surface area contributed by atoms with Gasteiger partial charge in [-0.25, -0.2) is 4.39 Å². The molecule has 1 aromatic carbocycles. The molecule has 0 amide bonds. The summed E-state index contributed by atoms with van der Waals surface area (Å²) in [6.07, 6.45) is 2.11. The van der Waals surface area contributed by atoms with Gasteiger partial charge in [-0.05, 0) is 50.1 Å². The van der Waals surface area contributed by atoms with E-state index in [9.17, 15) is 4.39 Å². The lowest BCUT2D eigenvalue weighted by Crippen LogP contribution is -2.50. The number of halogens is 2. The Balaban J connectivity index is 2.25. The van der Waals surface area contributed by atoms with Crippen molar-refractivity contribution in [1.29, 1.82) is 0 Å². The van der Waals surface area contributed by atoms with Crippen molar-refractivity contribution in [2.75, 3.05) is 26.7 Å². The molecule has 1 aromatic rings. The molecule has 1 aliphatic rings. The summed E-state index contributed by atoms with van der Waals surface area (Å²) in [5, 5.41) is 0. The number of benzene rings is 1. The highest BCUT2D eigenvalue weighted by atomic mass is 79.9. The lowest BCUT2D eigenvalue weighted by Gasteiger charge is -2.43. The monoisotopic (exact) mass is 344 g/mol. The molecular weight excluding hydrogens is 323 g/mol. The van der Waals surface area contributed by atoms with Crippen molar-refractivity contribution in [3.63, 3.8) is 0 Å². The summed E-state index contributed by atoms with van der Waals surface area (Å²) >= 11 is 3.50. The Labute approximate surface area is 128 Å². The highest BCUT2D eigenvalue weighted by Crippen LogP contribution is 2.33. The standard InChI is InChI=1S/C15H22BrFN2O/c1-15(20-2)6-3-7-19(10-15)14(9-18)12-8-11(17)4-5-13(12)16/h4-5,8,14H,3,6-7,9-10,18H2,1-2H3. The number of ether oxygens (including phenoxy) is 1. The summed E-state index contributed by atoms with van der Waals surface area (Å²) in [6, 6.07) is 4.78. The van der Waals surface area contributed by atoms with Gasteiger partial charge >= 0.3 is 0 Å². The van der Waals surface area contributed by atoms with Gasteiger partial charge < -0.3 is 10.5 Å². The van der Waals surface area contributed by atoms with Crippen molar-refractivity contribution in [3.8, 4) is 0 Å². The van der Waals surface area contributed by atoms with Crippen LogP contribution in [0.5, 0.6) is 0 Å². The molecule has 0 spiro atoms. The van der Waals surface area contributed by atoms with E-state index >= 15 is 0 Å². The lowest BCUT2D eigenvalue weighted by molar-refractivity contribution is -0.0609. The summed E-state index contributed by atoms with van der Waals surface area (Å²) in [4.78, 5) is 2.30. The van der Waals surface area contributed by atoms with Crippen molar-refractivity contribution >= 4 is 15.9 Å². The largest absolute Gasteiger partial charge is 0.377 e. The Bertz CT molecular complexity index is 471. The second kappa shape index (κ2) is 6.52. The highest BCUT2D eigenvalue weighted by molar-refractivity contribution is 9.10. The summed E-state index contributed by atoms with van der Waals surface area (Å²) in [5.41, 5.74) is 6.72. The van der Waals surface area contributed by atoms with Gasteiger partial charge in [0.15, 0.2) is 0 Å². The minimum absolute atomic E-state index is 0.00912. The van der Waals surface area contributed by atoms with Crippen LogP contribution in [0.1, 0.15) is 31.4 Å². The van der Waals surface area contributed by atoms with Crippen molar-refractivity contribution in [1.82, 2.24) is 4.90 Å². The van der Waals surface area contributed by atoms with Crippen LogP contribution in [0.15, 0.2) is 22.7 Å². The lowest BCUT2D eigenvalue weighted by atomic mass is 9.92. The predicted octanol–water partition coefficient (Wildman–Crippen LogP) is 3.09. The minimum atomic E-state index is -0.229. The molecule has 1 saturated heterocycles. The number of likely N-dealkylation sites (tertiary alicyclic amines) is 1. The number of piperidine rings is 1. The molecule has 2 rings (SSSR count). The first kappa shape index (κ1) is 15.9. The van der Waals surface area contributed by atoms with E-state index in [0.717, 1.165) is 36.0 Å². The van der Waals surface area contributed by atoms with Crippen LogP contribution < -0.4 is 5.73 Å². The van der Waals surface area contributed by atoms with E-state index in [-0.39, 0.29) is 17.5 Å². The van der Waals surface area contributed by atoms with Crippen molar-refractivity contribution < 1.29 is 9.13 Å². The summed E-state index contributed by atoms with van der Waals surface area (Å²) < 4.78 is 20.1. The van der Waals surface area contributed by atoms with Gasteiger partial charge in [0.2, 0.25) is 0 Å². The van der Waals surface area contributed by atoms with Gasteiger partial charge in [-0.15, -0.1) is 0 Å². The fourth-order valence-corrected chi connectivity index (χ4v) is 3.43. The average Bonchev–Trinajstić information content (AvgIpc) is 2.44. The maximum absolute atomic E-state index is 13.5. The van der Waals surface area contributed by atoms with E-state index in [1.807, 2.05) is 0 Å². The van der Waals surface area contributed by atoms with E-state index in [2.05, 4.69) is 27.8 Å². The van der Waals surface area contributed by atoms with Gasteiger partial charge in [0, 0.05) is 30.7 Å². The van der Waals surface area contributed by atoms with Crippen LogP contribution in [-0.2, 0) is 4.74 Å². The molecule has 0 radical (unpaired) electrons. The van der Waals surface area contributed by atoms with Gasteiger partial charge in [0.05, 0.1) is 5.60 Å². The van der Waals surface area contributed by atoms with Crippen molar-refractivity contribution in [2.45, 2.75) is 31.4 Å². The van der Waals surface area contributed by atoms with Crippen LogP contribution >= 0.6 is 15.9 Å². The number of methoxy groups -OCH3 is 1. The SMILES string of the molecule is COC1(C)CCCN(C(CN)c2cc(F)ccc2Br)C1. The molecule has 2 N–H and O–H groups in total. The molecule has 1 heterocycles. The normalized spacial score (nSPS) is 25.6. The Morgan fingerprint density at radius 1 is 1.55 bits per heavy atom. The Morgan fingerprint density at radius 3 is 2.95 bits per heavy atom. The predicted molar refractivity (Wildman–Crippen MR) is 82.1 cm³/mol. The molecule has 20 heavy (non-hydrogen) atoms. The first-order valence-corrected chi connectivity index (χ1v) is 7.72. The molecule has 0 aliphatic carbocycles. The summed E-state index contributed by atoms with van der Waals surface area (Å²) in [6.45, 7) is 4.35. The van der Waals surface area contributed by atoms with Gasteiger partial charge in [0.25, 0.3) is 0 Å². The number of nitrogens with zero attached hydrogens (tertiary/aromatic N) is 1. The first-order chi connectivity index (χ1) is 9.49. The molecule has 1 aliphatic heterocycles. The third-order valence-electron chi connectivity index (χ3n) is 4.16. The summed E-state index contributed by atoms with van der Waals surface area (Å²) in [7, 11) is 1.75. The van der Waals surface area contributed by atoms with Crippen LogP contribution in [0.25, 0.3) is 0 Å². The average molecular weight is 345 g/mol. The van der Waals surface area contributed by atoms with Crippen LogP contribution in [0.4, 0.5) is 4.39 Å². The van der Waals surface area contributed by atoms with Gasteiger partial charge in [-0.3, -0.25) is 4.90 Å². The molecule has 0 bridgehead atoms. The molecule has 2 unspecified atom stereocenters. The van der Waals surface area contributed by atoms with E-state index in [4.69, 9.17) is 10.5 Å². The second-order valence-electron chi connectivity index (χ2n) is 5.65. The van der Waals surface area contributed by atoms with Crippen LogP contribution in [-0.4, -0.2) is 37.2 Å². The maximum atomic E-state index is 13.5. The zero-order valence-corrected chi connectivity index (χ0v) is 13.6. The zero-order chi connectivity index (χ0) is 14.8. The number of nitrogens with two attached hydrogens (primary N) is 1. The molecule has 0 saturated carbocycles. The van der Waals surface area contributed by atoms with E-state index in [0.29, 0.717) is 6.54 Å². The highest BCUT2D eigenvalue weighted by Gasteiger charge is 2.34. The summed E-state index contributed by atoms with van der Waals surface area (Å²) in [5.74, 6) is -0.229. The quantitative estimate of drug-likeness (QED) is 0.911. The molecular formula is C15H22BrFN2O. The first-order valence-electron chi connectivity index (χ1n) is 6.93. The van der Waals surface area contributed by atoms with Crippen LogP contribution in [0.3, 0.4) is 0 Å². The van der Waals surface area contributed by atoms with Crippen LogP contribution in [0, 0.1) is 5.82 Å². The van der Waals surface area contributed by atoms with E-state index in [1.54, 1.807) is 19.2 Å². The van der Waals surface area contributed by atoms with Crippen LogP contribution in [0.2, 0.25) is 0 Å². The smallest absolute Gasteiger partial charge is 0.123 e. The number of hydrogen-bond acceptors (Lipinski definition) is 3. The Hall–Kier alpha value is -0.490. The Morgan fingerprint density at radius 2 is 2.30 bits per heavy atom. The minimum Gasteiger partial charge on any atom is -0.377 e. The van der Waals surface area contributed by atoms with Gasteiger partial charge in [0.1, 0.15) is 5.82 Å². The third kappa shape index (κ3) is 3.39. The fraction of sp³-hybridized carbons (Fsp3) is 0.600. The molecule has 2 atom stereocenters. The molecule has 5 heteroatoms. The molecule has 3 nitrogen and oxygen atoms in total. The molecule has 0 aromatic heterocycles. The van der Waals surface area contributed by atoms with Crippen molar-refractivity contribution in [2.24, 2.45) is 5.73 Å². The number of hydrogen-bond donors (Lipinski definition) is 1. The van der Waals surface area contributed by atoms with Gasteiger partial charge in [-0.2, -0.15) is 0 Å². The number of rotatable bonds is 4. The molecule has 112 valence electrons. The second-order valence-corrected chi connectivity index (χ2v) is 6.50. The topological polar surface area (TPSA) is 38.5 Å². The third-order valence-corrected chi connectivity index (χ3v) is 4.88. The zero-order valence-electron chi connectivity index (χ0n) is 12.0. The molecule has 1 fully saturated rings. The van der Waals surface area contributed by atoms with Crippen molar-refractivity contribution in [3.05, 3.63) is 34.1 Å². The Kier molecular flexibility index (Phi) is 5.18. The van der Waals surface area contributed by atoms with E-state index in [1.165, 1.54) is 6.07 Å². The maximum Gasteiger partial charge on any atom is 0.123 e. The van der Waals surface area contributed by atoms with E-state index < -0.39 is 0 Å². The van der Waals surface area contributed by atoms with Gasteiger partial charge in [-0.1, -0.05) is 15.9 Å². The fourth-order valence-electron chi connectivity index (χ4n) is 2.92.